The molecule has 1 aliphatic rings. The van der Waals surface area contributed by atoms with Gasteiger partial charge in [0.15, 0.2) is 0 Å². The molecule has 3 heterocycles. The summed E-state index contributed by atoms with van der Waals surface area (Å²) in [5.41, 5.74) is 1.41. The Balaban J connectivity index is 1.40. The van der Waals surface area contributed by atoms with Gasteiger partial charge in [0, 0.05) is 49.1 Å². The predicted molar refractivity (Wildman–Crippen MR) is 154 cm³/mol. The molecule has 0 N–H and O–H groups in total. The van der Waals surface area contributed by atoms with E-state index < -0.39 is 5.60 Å². The van der Waals surface area contributed by atoms with E-state index in [0.717, 1.165) is 5.70 Å². The van der Waals surface area contributed by atoms with Gasteiger partial charge in [0.25, 0.3) is 5.56 Å². The maximum absolute atomic E-state index is 13.2. The van der Waals surface area contributed by atoms with Crippen LogP contribution in [-0.4, -0.2) is 39.2 Å². The Kier molecular flexibility index (Phi) is 7.68. The van der Waals surface area contributed by atoms with Crippen LogP contribution in [0.2, 0.25) is 0 Å². The molecule has 0 saturated carbocycles. The monoisotopic (exact) mass is 537 g/mol. The largest absolute Gasteiger partial charge is 0.444 e. The van der Waals surface area contributed by atoms with E-state index in [4.69, 9.17) is 14.2 Å². The number of rotatable bonds is 6. The highest BCUT2D eigenvalue weighted by Gasteiger charge is 2.24. The van der Waals surface area contributed by atoms with Crippen LogP contribution in [0.15, 0.2) is 102 Å². The summed E-state index contributed by atoms with van der Waals surface area (Å²) in [7, 11) is 0. The summed E-state index contributed by atoms with van der Waals surface area (Å²) < 4.78 is 19.1. The molecule has 1 amide bonds. The predicted octanol–water partition coefficient (Wildman–Crippen LogP) is 6.98. The SMILES string of the molecule is CC(C)(C)OC(=O)N1CC=C(n2ccc(-c3ccc(Oc4ccccc4)nc3Oc3ccccc3)cc2=O)CC1. The fourth-order valence-electron chi connectivity index (χ4n) is 4.24. The Morgan fingerprint density at radius 2 is 1.55 bits per heavy atom. The van der Waals surface area contributed by atoms with E-state index >= 15 is 0 Å². The fraction of sp³-hybridized carbons (Fsp3) is 0.219. The normalized spacial score (nSPS) is 13.4. The molecule has 4 aromatic rings. The molecule has 8 heteroatoms. The van der Waals surface area contributed by atoms with Crippen LogP contribution in [0.4, 0.5) is 4.79 Å². The topological polar surface area (TPSA) is 82.9 Å². The van der Waals surface area contributed by atoms with Crippen LogP contribution >= 0.6 is 0 Å². The van der Waals surface area contributed by atoms with E-state index in [1.54, 1.807) is 27.8 Å². The Morgan fingerprint density at radius 3 is 2.15 bits per heavy atom. The van der Waals surface area contributed by atoms with Crippen LogP contribution in [0, 0.1) is 0 Å². The van der Waals surface area contributed by atoms with Gasteiger partial charge in [-0.2, -0.15) is 4.98 Å². The van der Waals surface area contributed by atoms with Gasteiger partial charge in [-0.1, -0.05) is 36.4 Å². The number of ether oxygens (including phenoxy) is 3. The molecule has 0 aliphatic carbocycles. The van der Waals surface area contributed by atoms with Crippen molar-refractivity contribution in [3.63, 3.8) is 0 Å². The molecule has 204 valence electrons. The summed E-state index contributed by atoms with van der Waals surface area (Å²) in [6, 6.07) is 25.7. The van der Waals surface area contributed by atoms with Gasteiger partial charge in [0.05, 0.1) is 0 Å². The number of hydrogen-bond acceptors (Lipinski definition) is 6. The Bertz CT molecular complexity index is 1570. The molecule has 0 radical (unpaired) electrons. The third-order valence-corrected chi connectivity index (χ3v) is 6.13. The first kappa shape index (κ1) is 26.7. The number of aromatic nitrogens is 2. The maximum atomic E-state index is 13.2. The molecule has 5 rings (SSSR count). The summed E-state index contributed by atoms with van der Waals surface area (Å²) in [6.45, 7) is 6.36. The van der Waals surface area contributed by atoms with Gasteiger partial charge >= 0.3 is 6.09 Å². The lowest BCUT2D eigenvalue weighted by Crippen LogP contribution is -2.39. The van der Waals surface area contributed by atoms with Crippen LogP contribution in [0.1, 0.15) is 27.2 Å². The molecular formula is C32H31N3O5. The number of carbonyl (C=O) groups excluding carboxylic acids is 1. The molecule has 2 aromatic carbocycles. The van der Waals surface area contributed by atoms with Gasteiger partial charge in [-0.25, -0.2) is 4.79 Å². The van der Waals surface area contributed by atoms with Gasteiger partial charge in [-0.15, -0.1) is 0 Å². The van der Waals surface area contributed by atoms with E-state index in [0.29, 0.717) is 53.9 Å². The van der Waals surface area contributed by atoms with Crippen LogP contribution < -0.4 is 15.0 Å². The molecule has 1 aliphatic heterocycles. The smallest absolute Gasteiger partial charge is 0.410 e. The van der Waals surface area contributed by atoms with Crippen LogP contribution in [0.5, 0.6) is 23.3 Å². The highest BCUT2D eigenvalue weighted by atomic mass is 16.6. The second kappa shape index (κ2) is 11.5. The van der Waals surface area contributed by atoms with Crippen molar-refractivity contribution in [3.05, 3.63) is 108 Å². The van der Waals surface area contributed by atoms with Crippen LogP contribution in [-0.2, 0) is 4.74 Å². The highest BCUT2D eigenvalue weighted by molar-refractivity contribution is 5.71. The van der Waals surface area contributed by atoms with Crippen LogP contribution in [0.3, 0.4) is 0 Å². The van der Waals surface area contributed by atoms with Crippen molar-refractivity contribution < 1.29 is 19.0 Å². The summed E-state index contributed by atoms with van der Waals surface area (Å²) in [5, 5.41) is 0. The zero-order valence-corrected chi connectivity index (χ0v) is 22.7. The number of benzene rings is 2. The minimum atomic E-state index is -0.558. The number of carbonyl (C=O) groups is 1. The van der Waals surface area contributed by atoms with Gasteiger partial charge in [-0.05, 0) is 68.8 Å². The lowest BCUT2D eigenvalue weighted by Gasteiger charge is -2.29. The van der Waals surface area contributed by atoms with Crippen molar-refractivity contribution >= 4 is 11.8 Å². The van der Waals surface area contributed by atoms with Crippen LogP contribution in [0.25, 0.3) is 16.8 Å². The Hall–Kier alpha value is -4.85. The van der Waals surface area contributed by atoms with Gasteiger partial charge in [0.1, 0.15) is 17.1 Å². The molecule has 2 aromatic heterocycles. The first-order valence-corrected chi connectivity index (χ1v) is 13.1. The van der Waals surface area contributed by atoms with E-state index in [2.05, 4.69) is 4.98 Å². The number of hydrogen-bond donors (Lipinski definition) is 0. The molecular weight excluding hydrogens is 506 g/mol. The van der Waals surface area contributed by atoms with Gasteiger partial charge in [-0.3, -0.25) is 9.36 Å². The fourth-order valence-corrected chi connectivity index (χ4v) is 4.24. The van der Waals surface area contributed by atoms with E-state index in [-0.39, 0.29) is 11.7 Å². The zero-order chi connectivity index (χ0) is 28.1. The van der Waals surface area contributed by atoms with Gasteiger partial charge < -0.3 is 19.1 Å². The zero-order valence-electron chi connectivity index (χ0n) is 22.7. The van der Waals surface area contributed by atoms with Crippen molar-refractivity contribution in [3.8, 4) is 34.4 Å². The summed E-state index contributed by atoms with van der Waals surface area (Å²) in [5.74, 6) is 1.96. The van der Waals surface area contributed by atoms with Crippen molar-refractivity contribution in [2.75, 3.05) is 13.1 Å². The first-order valence-electron chi connectivity index (χ1n) is 13.1. The third kappa shape index (κ3) is 6.58. The average molecular weight is 538 g/mol. The van der Waals surface area contributed by atoms with Crippen molar-refractivity contribution in [2.45, 2.75) is 32.8 Å². The summed E-state index contributed by atoms with van der Waals surface area (Å²) >= 11 is 0. The van der Waals surface area contributed by atoms with Crippen molar-refractivity contribution in [2.24, 2.45) is 0 Å². The highest BCUT2D eigenvalue weighted by Crippen LogP contribution is 2.34. The summed E-state index contributed by atoms with van der Waals surface area (Å²) in [4.78, 5) is 31.9. The van der Waals surface area contributed by atoms with Crippen molar-refractivity contribution in [1.29, 1.82) is 0 Å². The molecule has 8 nitrogen and oxygen atoms in total. The van der Waals surface area contributed by atoms with Gasteiger partial charge in [0.2, 0.25) is 11.8 Å². The maximum Gasteiger partial charge on any atom is 0.410 e. The second-order valence-corrected chi connectivity index (χ2v) is 10.3. The molecule has 0 atom stereocenters. The first-order chi connectivity index (χ1) is 19.2. The van der Waals surface area contributed by atoms with Crippen molar-refractivity contribution in [1.82, 2.24) is 14.5 Å². The second-order valence-electron chi connectivity index (χ2n) is 10.3. The minimum Gasteiger partial charge on any atom is -0.444 e. The molecule has 0 spiro atoms. The molecule has 0 bridgehead atoms. The number of nitrogens with zero attached hydrogens (tertiary/aromatic N) is 3. The molecule has 0 fully saturated rings. The molecule has 0 saturated heterocycles. The average Bonchev–Trinajstić information content (AvgIpc) is 2.93. The Morgan fingerprint density at radius 1 is 0.875 bits per heavy atom. The van der Waals surface area contributed by atoms with E-state index in [1.165, 1.54) is 0 Å². The number of amides is 1. The standard InChI is InChI=1S/C32H31N3O5/c1-32(2,3)40-31(37)34-19-17-24(18-20-34)35-21-16-23(22-29(35)36)27-14-15-28(38-25-10-6-4-7-11-25)33-30(27)39-26-12-8-5-9-13-26/h4-17,21-22H,18-20H2,1-3H3. The molecule has 0 unspecified atom stereocenters. The quantitative estimate of drug-likeness (QED) is 0.264. The third-order valence-electron chi connectivity index (χ3n) is 6.13. The molecule has 40 heavy (non-hydrogen) atoms. The van der Waals surface area contributed by atoms with E-state index in [9.17, 15) is 9.59 Å². The van der Waals surface area contributed by atoms with E-state index in [1.807, 2.05) is 99.6 Å². The Labute approximate surface area is 233 Å². The minimum absolute atomic E-state index is 0.190. The number of para-hydroxylation sites is 2. The number of pyridine rings is 2. The lowest BCUT2D eigenvalue weighted by molar-refractivity contribution is 0.0269. The lowest BCUT2D eigenvalue weighted by atomic mass is 10.1. The summed E-state index contributed by atoms with van der Waals surface area (Å²) in [6.07, 6.45) is 3.81.